The third-order valence-corrected chi connectivity index (χ3v) is 7.97. The maximum atomic E-state index is 13.3. The van der Waals surface area contributed by atoms with Crippen LogP contribution in [0.1, 0.15) is 42.9 Å². The molecule has 0 bridgehead atoms. The summed E-state index contributed by atoms with van der Waals surface area (Å²) in [5, 5.41) is 2.94. The standard InChI is InChI=1S/C29H33N3O4S/c1-22(29(34)30-20-24-8-4-2-5-9-24)32(21-25-10-6-3-7-11-25)28(33)19-14-23-12-17-27(18-13-23)37(35,36)31-26-15-16-26/h2-13,17-18,22,26,31H,14-16,19-21H2,1H3,(H,30,34)/t22-/m1/s1. The van der Waals surface area contributed by atoms with Crippen molar-refractivity contribution in [3.63, 3.8) is 0 Å². The number of benzene rings is 3. The van der Waals surface area contributed by atoms with Crippen LogP contribution in [0.2, 0.25) is 0 Å². The minimum Gasteiger partial charge on any atom is -0.350 e. The van der Waals surface area contributed by atoms with Crippen LogP contribution in [-0.4, -0.2) is 37.2 Å². The monoisotopic (exact) mass is 519 g/mol. The maximum absolute atomic E-state index is 13.3. The molecule has 3 aromatic rings. The Kier molecular flexibility index (Phi) is 8.74. The summed E-state index contributed by atoms with van der Waals surface area (Å²) in [5.74, 6) is -0.357. The Bertz CT molecular complexity index is 1290. The number of rotatable bonds is 12. The fraction of sp³-hybridized carbons (Fsp3) is 0.310. The molecule has 0 radical (unpaired) electrons. The van der Waals surface area contributed by atoms with Crippen LogP contribution >= 0.6 is 0 Å². The minimum atomic E-state index is -3.51. The van der Waals surface area contributed by atoms with Gasteiger partial charge in [0.15, 0.2) is 0 Å². The molecular formula is C29H33N3O4S. The molecule has 1 aliphatic carbocycles. The van der Waals surface area contributed by atoms with Gasteiger partial charge in [-0.25, -0.2) is 13.1 Å². The first kappa shape index (κ1) is 26.6. The van der Waals surface area contributed by atoms with Crippen molar-refractivity contribution >= 4 is 21.8 Å². The van der Waals surface area contributed by atoms with Crippen LogP contribution in [0.3, 0.4) is 0 Å². The van der Waals surface area contributed by atoms with Gasteiger partial charge >= 0.3 is 0 Å². The van der Waals surface area contributed by atoms with E-state index in [0.29, 0.717) is 19.5 Å². The molecule has 37 heavy (non-hydrogen) atoms. The van der Waals surface area contributed by atoms with E-state index in [1.54, 1.807) is 36.1 Å². The lowest BCUT2D eigenvalue weighted by atomic mass is 10.1. The van der Waals surface area contributed by atoms with Crippen LogP contribution < -0.4 is 10.0 Å². The molecule has 7 nitrogen and oxygen atoms in total. The number of carbonyl (C=O) groups excluding carboxylic acids is 2. The number of sulfonamides is 1. The zero-order chi connectivity index (χ0) is 26.3. The van der Waals surface area contributed by atoms with E-state index in [2.05, 4.69) is 10.0 Å². The van der Waals surface area contributed by atoms with E-state index in [1.165, 1.54) is 0 Å². The summed E-state index contributed by atoms with van der Waals surface area (Å²) >= 11 is 0. The molecule has 0 spiro atoms. The van der Waals surface area contributed by atoms with Crippen molar-refractivity contribution in [1.82, 2.24) is 14.9 Å². The van der Waals surface area contributed by atoms with E-state index < -0.39 is 16.1 Å². The normalized spacial score (nSPS) is 14.1. The summed E-state index contributed by atoms with van der Waals surface area (Å²) < 4.78 is 27.5. The number of carbonyl (C=O) groups is 2. The average Bonchev–Trinajstić information content (AvgIpc) is 3.73. The topological polar surface area (TPSA) is 95.6 Å². The highest BCUT2D eigenvalue weighted by Gasteiger charge is 2.28. The molecule has 1 fully saturated rings. The summed E-state index contributed by atoms with van der Waals surface area (Å²) in [6.07, 6.45) is 2.40. The smallest absolute Gasteiger partial charge is 0.242 e. The van der Waals surface area contributed by atoms with E-state index in [4.69, 9.17) is 0 Å². The van der Waals surface area contributed by atoms with Gasteiger partial charge in [-0.2, -0.15) is 0 Å². The van der Waals surface area contributed by atoms with Gasteiger partial charge in [0.2, 0.25) is 21.8 Å². The number of hydrogen-bond acceptors (Lipinski definition) is 4. The van der Waals surface area contributed by atoms with Crippen molar-refractivity contribution in [3.8, 4) is 0 Å². The summed E-state index contributed by atoms with van der Waals surface area (Å²) in [5.41, 5.74) is 2.79. The Balaban J connectivity index is 1.39. The van der Waals surface area contributed by atoms with Gasteiger partial charge in [0, 0.05) is 25.6 Å². The first-order chi connectivity index (χ1) is 17.8. The van der Waals surface area contributed by atoms with E-state index in [0.717, 1.165) is 29.5 Å². The van der Waals surface area contributed by atoms with Crippen molar-refractivity contribution < 1.29 is 18.0 Å². The average molecular weight is 520 g/mol. The van der Waals surface area contributed by atoms with Gasteiger partial charge in [-0.15, -0.1) is 0 Å². The second-order valence-corrected chi connectivity index (χ2v) is 11.1. The molecular weight excluding hydrogens is 486 g/mol. The molecule has 0 aliphatic heterocycles. The molecule has 2 amide bonds. The Morgan fingerprint density at radius 1 is 0.865 bits per heavy atom. The molecule has 0 heterocycles. The fourth-order valence-corrected chi connectivity index (χ4v) is 5.32. The van der Waals surface area contributed by atoms with Crippen LogP contribution in [0.4, 0.5) is 0 Å². The third-order valence-electron chi connectivity index (χ3n) is 6.43. The zero-order valence-electron chi connectivity index (χ0n) is 21.0. The molecule has 0 aromatic heterocycles. The SMILES string of the molecule is C[C@H](C(=O)NCc1ccccc1)N(Cc1ccccc1)C(=O)CCc1ccc(S(=O)(=O)NC2CC2)cc1. The lowest BCUT2D eigenvalue weighted by Gasteiger charge is -2.29. The Hall–Kier alpha value is -3.49. The zero-order valence-corrected chi connectivity index (χ0v) is 21.8. The Morgan fingerprint density at radius 2 is 1.46 bits per heavy atom. The highest BCUT2D eigenvalue weighted by molar-refractivity contribution is 7.89. The number of nitrogens with zero attached hydrogens (tertiary/aromatic N) is 1. The summed E-state index contributed by atoms with van der Waals surface area (Å²) in [6, 6.07) is 25.3. The van der Waals surface area contributed by atoms with Crippen LogP contribution in [0.15, 0.2) is 89.8 Å². The molecule has 194 valence electrons. The van der Waals surface area contributed by atoms with Crippen molar-refractivity contribution in [2.75, 3.05) is 0 Å². The van der Waals surface area contributed by atoms with E-state index in [9.17, 15) is 18.0 Å². The van der Waals surface area contributed by atoms with Crippen LogP contribution in [0.25, 0.3) is 0 Å². The minimum absolute atomic E-state index is 0.0461. The number of amides is 2. The molecule has 3 aromatic carbocycles. The lowest BCUT2D eigenvalue weighted by molar-refractivity contribution is -0.140. The largest absolute Gasteiger partial charge is 0.350 e. The van der Waals surface area contributed by atoms with Crippen LogP contribution in [0, 0.1) is 0 Å². The van der Waals surface area contributed by atoms with Crippen molar-refractivity contribution in [2.45, 2.75) is 62.7 Å². The quantitative estimate of drug-likeness (QED) is 0.381. The van der Waals surface area contributed by atoms with Crippen molar-refractivity contribution in [1.29, 1.82) is 0 Å². The van der Waals surface area contributed by atoms with E-state index in [1.807, 2.05) is 60.7 Å². The van der Waals surface area contributed by atoms with E-state index in [-0.39, 0.29) is 29.2 Å². The molecule has 1 saturated carbocycles. The predicted molar refractivity (Wildman–Crippen MR) is 143 cm³/mol. The van der Waals surface area contributed by atoms with Gasteiger partial charge in [-0.1, -0.05) is 72.8 Å². The Morgan fingerprint density at radius 3 is 2.05 bits per heavy atom. The third kappa shape index (κ3) is 7.74. The van der Waals surface area contributed by atoms with Gasteiger partial charge < -0.3 is 10.2 Å². The maximum Gasteiger partial charge on any atom is 0.242 e. The first-order valence-electron chi connectivity index (χ1n) is 12.6. The lowest BCUT2D eigenvalue weighted by Crippen LogP contribution is -2.47. The van der Waals surface area contributed by atoms with Crippen molar-refractivity contribution in [2.24, 2.45) is 0 Å². The number of hydrogen-bond donors (Lipinski definition) is 2. The highest BCUT2D eigenvalue weighted by atomic mass is 32.2. The van der Waals surface area contributed by atoms with E-state index >= 15 is 0 Å². The van der Waals surface area contributed by atoms with Gasteiger partial charge in [-0.3, -0.25) is 9.59 Å². The molecule has 0 unspecified atom stereocenters. The van der Waals surface area contributed by atoms with Gasteiger partial charge in [0.25, 0.3) is 0 Å². The molecule has 0 saturated heterocycles. The molecule has 8 heteroatoms. The summed E-state index contributed by atoms with van der Waals surface area (Å²) in [7, 11) is -3.51. The predicted octanol–water partition coefficient (Wildman–Crippen LogP) is 3.79. The van der Waals surface area contributed by atoms with Gasteiger partial charge in [-0.05, 0) is 55.0 Å². The fourth-order valence-electron chi connectivity index (χ4n) is 4.01. The van der Waals surface area contributed by atoms with Crippen LogP contribution in [-0.2, 0) is 39.1 Å². The molecule has 1 atom stereocenters. The number of nitrogens with one attached hydrogen (secondary N) is 2. The highest BCUT2D eigenvalue weighted by Crippen LogP contribution is 2.22. The summed E-state index contributed by atoms with van der Waals surface area (Å²) in [6.45, 7) is 2.46. The van der Waals surface area contributed by atoms with Crippen molar-refractivity contribution in [3.05, 3.63) is 102 Å². The Labute approximate surface area is 218 Å². The van der Waals surface area contributed by atoms with Crippen LogP contribution in [0.5, 0.6) is 0 Å². The first-order valence-corrected chi connectivity index (χ1v) is 14.1. The van der Waals surface area contributed by atoms with Gasteiger partial charge in [0.1, 0.15) is 6.04 Å². The van der Waals surface area contributed by atoms with Gasteiger partial charge in [0.05, 0.1) is 4.90 Å². The number of aryl methyl sites for hydroxylation is 1. The molecule has 4 rings (SSSR count). The second-order valence-electron chi connectivity index (χ2n) is 9.43. The molecule has 1 aliphatic rings. The summed E-state index contributed by atoms with van der Waals surface area (Å²) in [4.78, 5) is 28.1. The second kappa shape index (κ2) is 12.2. The molecule has 2 N–H and O–H groups in total.